The molecule has 1 aliphatic carbocycles. The summed E-state index contributed by atoms with van der Waals surface area (Å²) in [5.41, 5.74) is 0.893. The summed E-state index contributed by atoms with van der Waals surface area (Å²) in [6, 6.07) is 0. The van der Waals surface area contributed by atoms with Crippen molar-refractivity contribution < 1.29 is 14.3 Å². The van der Waals surface area contributed by atoms with Gasteiger partial charge in [-0.15, -0.1) is 6.58 Å². The lowest BCUT2D eigenvalue weighted by molar-refractivity contribution is -0.187. The maximum Gasteiger partial charge on any atom is 0.253 e. The summed E-state index contributed by atoms with van der Waals surface area (Å²) in [5.74, 6) is -1.45. The van der Waals surface area contributed by atoms with E-state index in [9.17, 15) is 4.79 Å². The highest BCUT2D eigenvalue weighted by molar-refractivity contribution is 5.99. The van der Waals surface area contributed by atoms with Crippen molar-refractivity contribution in [2.75, 3.05) is 13.7 Å². The summed E-state index contributed by atoms with van der Waals surface area (Å²) < 4.78 is 10.4. The average Bonchev–Trinajstić information content (AvgIpc) is 2.18. The highest BCUT2D eigenvalue weighted by Gasteiger charge is 2.37. The SMILES string of the molecule is C=CCOC1(OC)C=CC(C)=CC1=O. The summed E-state index contributed by atoms with van der Waals surface area (Å²) in [6.07, 6.45) is 6.50. The first-order chi connectivity index (χ1) is 6.64. The van der Waals surface area contributed by atoms with Crippen LogP contribution in [0.1, 0.15) is 6.92 Å². The monoisotopic (exact) mass is 194 g/mol. The third kappa shape index (κ3) is 2.00. The van der Waals surface area contributed by atoms with E-state index in [1.807, 2.05) is 6.92 Å². The number of methoxy groups -OCH3 is 1. The van der Waals surface area contributed by atoms with Crippen molar-refractivity contribution >= 4 is 5.78 Å². The molecule has 3 heteroatoms. The van der Waals surface area contributed by atoms with E-state index >= 15 is 0 Å². The molecule has 1 unspecified atom stereocenters. The Bertz CT molecular complexity index is 302. The van der Waals surface area contributed by atoms with Gasteiger partial charge in [-0.25, -0.2) is 0 Å². The first kappa shape index (κ1) is 10.9. The van der Waals surface area contributed by atoms with Crippen molar-refractivity contribution in [2.45, 2.75) is 12.7 Å². The highest BCUT2D eigenvalue weighted by atomic mass is 16.7. The van der Waals surface area contributed by atoms with Crippen molar-refractivity contribution in [3.63, 3.8) is 0 Å². The summed E-state index contributed by atoms with van der Waals surface area (Å²) in [6.45, 7) is 5.64. The zero-order valence-electron chi connectivity index (χ0n) is 8.45. The number of rotatable bonds is 4. The van der Waals surface area contributed by atoms with Gasteiger partial charge in [-0.1, -0.05) is 12.2 Å². The topological polar surface area (TPSA) is 35.5 Å². The van der Waals surface area contributed by atoms with Crippen LogP contribution in [0.5, 0.6) is 0 Å². The maximum atomic E-state index is 11.7. The van der Waals surface area contributed by atoms with Gasteiger partial charge in [0.25, 0.3) is 5.79 Å². The Hall–Kier alpha value is -1.19. The predicted molar refractivity (Wildman–Crippen MR) is 53.8 cm³/mol. The Kier molecular flexibility index (Phi) is 3.38. The van der Waals surface area contributed by atoms with Crippen LogP contribution in [0.4, 0.5) is 0 Å². The van der Waals surface area contributed by atoms with E-state index in [1.54, 1.807) is 18.2 Å². The number of carbonyl (C=O) groups is 1. The van der Waals surface area contributed by atoms with Gasteiger partial charge in [-0.2, -0.15) is 0 Å². The predicted octanol–water partition coefficient (Wildman–Crippen LogP) is 1.62. The van der Waals surface area contributed by atoms with E-state index in [0.717, 1.165) is 5.57 Å². The lowest BCUT2D eigenvalue weighted by atomic mass is 10.0. The molecule has 0 saturated heterocycles. The minimum atomic E-state index is -1.26. The Balaban J connectivity index is 2.86. The summed E-state index contributed by atoms with van der Waals surface area (Å²) in [4.78, 5) is 11.7. The van der Waals surface area contributed by atoms with Crippen LogP contribution in [-0.4, -0.2) is 25.3 Å². The number of carbonyl (C=O) groups excluding carboxylic acids is 1. The van der Waals surface area contributed by atoms with Gasteiger partial charge in [-0.05, 0) is 24.6 Å². The van der Waals surface area contributed by atoms with Gasteiger partial charge in [0, 0.05) is 7.11 Å². The van der Waals surface area contributed by atoms with E-state index in [0.29, 0.717) is 0 Å². The third-order valence-electron chi connectivity index (χ3n) is 1.99. The van der Waals surface area contributed by atoms with Crippen LogP contribution in [0.15, 0.2) is 36.5 Å². The summed E-state index contributed by atoms with van der Waals surface area (Å²) in [7, 11) is 1.44. The molecule has 0 saturated carbocycles. The molecule has 0 spiro atoms. The van der Waals surface area contributed by atoms with Crippen LogP contribution < -0.4 is 0 Å². The van der Waals surface area contributed by atoms with Crippen molar-refractivity contribution in [3.05, 3.63) is 36.5 Å². The smallest absolute Gasteiger partial charge is 0.253 e. The van der Waals surface area contributed by atoms with Gasteiger partial charge in [0.1, 0.15) is 0 Å². The fraction of sp³-hybridized carbons (Fsp3) is 0.364. The van der Waals surface area contributed by atoms with E-state index in [2.05, 4.69) is 6.58 Å². The summed E-state index contributed by atoms with van der Waals surface area (Å²) >= 11 is 0. The van der Waals surface area contributed by atoms with Crippen LogP contribution in [0.25, 0.3) is 0 Å². The van der Waals surface area contributed by atoms with Crippen molar-refractivity contribution in [3.8, 4) is 0 Å². The molecule has 0 radical (unpaired) electrons. The van der Waals surface area contributed by atoms with Gasteiger partial charge in [0.15, 0.2) is 0 Å². The van der Waals surface area contributed by atoms with E-state index in [4.69, 9.17) is 9.47 Å². The molecule has 1 rings (SSSR count). The fourth-order valence-corrected chi connectivity index (χ4v) is 1.21. The van der Waals surface area contributed by atoms with E-state index in [-0.39, 0.29) is 12.4 Å². The molecular weight excluding hydrogens is 180 g/mol. The van der Waals surface area contributed by atoms with E-state index in [1.165, 1.54) is 13.2 Å². The molecule has 76 valence electrons. The van der Waals surface area contributed by atoms with Crippen molar-refractivity contribution in [1.82, 2.24) is 0 Å². The standard InChI is InChI=1S/C11H14O3/c1-4-7-14-11(13-3)6-5-9(2)8-10(11)12/h4-6,8H,1,7H2,2-3H3. The quantitative estimate of drug-likeness (QED) is 0.504. The van der Waals surface area contributed by atoms with Crippen molar-refractivity contribution in [1.29, 1.82) is 0 Å². The van der Waals surface area contributed by atoms with Crippen LogP contribution in [-0.2, 0) is 14.3 Å². The summed E-state index contributed by atoms with van der Waals surface area (Å²) in [5, 5.41) is 0. The fourth-order valence-electron chi connectivity index (χ4n) is 1.21. The molecule has 0 aromatic rings. The van der Waals surface area contributed by atoms with Gasteiger partial charge in [0.05, 0.1) is 6.61 Å². The largest absolute Gasteiger partial charge is 0.344 e. The lowest BCUT2D eigenvalue weighted by Crippen LogP contribution is -2.42. The minimum Gasteiger partial charge on any atom is -0.344 e. The molecule has 0 fully saturated rings. The number of hydrogen-bond donors (Lipinski definition) is 0. The Morgan fingerprint density at radius 2 is 2.36 bits per heavy atom. The van der Waals surface area contributed by atoms with Gasteiger partial charge >= 0.3 is 0 Å². The molecule has 0 heterocycles. The Labute approximate surface area is 83.7 Å². The number of allylic oxidation sites excluding steroid dienone is 2. The Morgan fingerprint density at radius 1 is 1.64 bits per heavy atom. The molecule has 0 amide bonds. The van der Waals surface area contributed by atoms with Gasteiger partial charge in [-0.3, -0.25) is 4.79 Å². The van der Waals surface area contributed by atoms with Crippen LogP contribution in [0.3, 0.4) is 0 Å². The number of hydrogen-bond acceptors (Lipinski definition) is 3. The first-order valence-corrected chi connectivity index (χ1v) is 4.36. The van der Waals surface area contributed by atoms with E-state index < -0.39 is 5.79 Å². The van der Waals surface area contributed by atoms with Crippen LogP contribution >= 0.6 is 0 Å². The molecule has 0 aliphatic heterocycles. The van der Waals surface area contributed by atoms with Crippen LogP contribution in [0, 0.1) is 0 Å². The van der Waals surface area contributed by atoms with Gasteiger partial charge in [0.2, 0.25) is 5.78 Å². The molecular formula is C11H14O3. The number of ether oxygens (including phenoxy) is 2. The highest BCUT2D eigenvalue weighted by Crippen LogP contribution is 2.22. The van der Waals surface area contributed by atoms with Crippen LogP contribution in [0.2, 0.25) is 0 Å². The minimum absolute atomic E-state index is 0.193. The van der Waals surface area contributed by atoms with Crippen molar-refractivity contribution in [2.24, 2.45) is 0 Å². The molecule has 0 bridgehead atoms. The molecule has 0 N–H and O–H groups in total. The molecule has 0 aromatic heterocycles. The Morgan fingerprint density at radius 3 is 2.86 bits per heavy atom. The second-order valence-corrected chi connectivity index (χ2v) is 3.06. The molecule has 14 heavy (non-hydrogen) atoms. The zero-order valence-corrected chi connectivity index (χ0v) is 8.45. The average molecular weight is 194 g/mol. The number of ketones is 1. The molecule has 0 aromatic carbocycles. The normalized spacial score (nSPS) is 26.1. The maximum absolute atomic E-state index is 11.7. The second kappa shape index (κ2) is 4.35. The molecule has 3 nitrogen and oxygen atoms in total. The third-order valence-corrected chi connectivity index (χ3v) is 1.99. The zero-order chi connectivity index (χ0) is 10.6. The molecule has 1 aliphatic rings. The lowest BCUT2D eigenvalue weighted by Gasteiger charge is -2.28. The van der Waals surface area contributed by atoms with Gasteiger partial charge < -0.3 is 9.47 Å². The first-order valence-electron chi connectivity index (χ1n) is 4.36. The molecule has 1 atom stereocenters. The second-order valence-electron chi connectivity index (χ2n) is 3.06.